The predicted octanol–water partition coefficient (Wildman–Crippen LogP) is 1.53. The number of fused-ring (bicyclic) bond motifs is 1. The number of rotatable bonds is 0. The lowest BCUT2D eigenvalue weighted by Crippen LogP contribution is -2.18. The van der Waals surface area contributed by atoms with Crippen LogP contribution in [0.3, 0.4) is 0 Å². The minimum Gasteiger partial charge on any atom is -0.370 e. The minimum absolute atomic E-state index is 0.262. The Morgan fingerprint density at radius 2 is 2.00 bits per heavy atom. The topological polar surface area (TPSA) is 26.3 Å². The van der Waals surface area contributed by atoms with Gasteiger partial charge in [0.25, 0.3) is 0 Å². The Hall–Kier alpha value is -0.370. The monoisotopic (exact) mass is 154 g/mol. The molecule has 0 aromatic heterocycles. The van der Waals surface area contributed by atoms with Crippen LogP contribution in [0.25, 0.3) is 0 Å². The molecule has 1 heterocycles. The fourth-order valence-corrected chi connectivity index (χ4v) is 2.14. The first kappa shape index (κ1) is 7.29. The fourth-order valence-electron chi connectivity index (χ4n) is 2.14. The van der Waals surface area contributed by atoms with Crippen molar-refractivity contribution in [3.8, 4) is 0 Å². The molecule has 1 saturated heterocycles. The summed E-state index contributed by atoms with van der Waals surface area (Å²) < 4.78 is 5.40. The van der Waals surface area contributed by atoms with Gasteiger partial charge in [-0.15, -0.1) is 0 Å². The van der Waals surface area contributed by atoms with Crippen LogP contribution >= 0.6 is 0 Å². The Morgan fingerprint density at radius 3 is 2.91 bits per heavy atom. The molecule has 2 heteroatoms. The van der Waals surface area contributed by atoms with Gasteiger partial charge in [-0.25, -0.2) is 0 Å². The first-order chi connectivity index (χ1) is 5.38. The van der Waals surface area contributed by atoms with Gasteiger partial charge in [0.05, 0.1) is 6.10 Å². The van der Waals surface area contributed by atoms with Crippen LogP contribution in [0.2, 0.25) is 0 Å². The zero-order chi connectivity index (χ0) is 7.68. The molecule has 1 aliphatic carbocycles. The number of ether oxygens (including phenoxy) is 1. The predicted molar refractivity (Wildman–Crippen MR) is 41.3 cm³/mol. The second-order valence-corrected chi connectivity index (χ2v) is 3.56. The first-order valence-corrected chi connectivity index (χ1v) is 4.52. The number of hydrogen-bond donors (Lipinski definition) is 0. The summed E-state index contributed by atoms with van der Waals surface area (Å²) in [5.74, 6) is 0.606. The molecule has 0 unspecified atom stereocenters. The Bertz CT molecular complexity index is 165. The van der Waals surface area contributed by atoms with E-state index in [2.05, 4.69) is 0 Å². The normalized spacial score (nSPS) is 38.4. The molecule has 0 N–H and O–H groups in total. The molecule has 2 rings (SSSR count). The number of carbonyl (C=O) groups excluding carboxylic acids is 1. The second kappa shape index (κ2) is 2.94. The Labute approximate surface area is 66.9 Å². The average Bonchev–Trinajstić information content (AvgIpc) is 2.25. The maximum absolute atomic E-state index is 11.2. The van der Waals surface area contributed by atoms with Gasteiger partial charge in [-0.2, -0.15) is 0 Å². The van der Waals surface area contributed by atoms with E-state index in [1.54, 1.807) is 0 Å². The van der Waals surface area contributed by atoms with Crippen molar-refractivity contribution < 1.29 is 9.53 Å². The van der Waals surface area contributed by atoms with Crippen molar-refractivity contribution in [1.82, 2.24) is 0 Å². The molecule has 62 valence electrons. The van der Waals surface area contributed by atoms with E-state index in [0.717, 1.165) is 12.8 Å². The number of hydrogen-bond acceptors (Lipinski definition) is 2. The van der Waals surface area contributed by atoms with Gasteiger partial charge in [0.2, 0.25) is 0 Å². The van der Waals surface area contributed by atoms with Crippen molar-refractivity contribution in [3.63, 3.8) is 0 Å². The zero-order valence-electron chi connectivity index (χ0n) is 6.71. The highest BCUT2D eigenvalue weighted by molar-refractivity contribution is 5.84. The third-order valence-corrected chi connectivity index (χ3v) is 2.81. The van der Waals surface area contributed by atoms with E-state index in [1.807, 2.05) is 0 Å². The molecule has 11 heavy (non-hydrogen) atoms. The summed E-state index contributed by atoms with van der Waals surface area (Å²) in [5.41, 5.74) is 0. The van der Waals surface area contributed by atoms with Gasteiger partial charge in [-0.05, 0) is 12.8 Å². The highest BCUT2D eigenvalue weighted by Crippen LogP contribution is 2.30. The highest BCUT2D eigenvalue weighted by Gasteiger charge is 2.35. The molecule has 2 fully saturated rings. The fraction of sp³-hybridized carbons (Fsp3) is 0.889. The van der Waals surface area contributed by atoms with E-state index in [1.165, 1.54) is 19.3 Å². The maximum atomic E-state index is 11.2. The van der Waals surface area contributed by atoms with Crippen molar-refractivity contribution in [2.75, 3.05) is 6.61 Å². The number of Topliss-reactive ketones (excluding diaryl/α,β-unsaturated/α-hetero) is 1. The summed E-state index contributed by atoms with van der Waals surface area (Å²) in [4.78, 5) is 11.2. The molecule has 1 saturated carbocycles. The van der Waals surface area contributed by atoms with Gasteiger partial charge in [0.15, 0.2) is 5.78 Å². The molecule has 0 radical (unpaired) electrons. The highest BCUT2D eigenvalue weighted by atomic mass is 16.5. The van der Waals surface area contributed by atoms with E-state index in [0.29, 0.717) is 12.4 Å². The van der Waals surface area contributed by atoms with E-state index in [4.69, 9.17) is 4.74 Å². The van der Waals surface area contributed by atoms with Crippen molar-refractivity contribution in [3.05, 3.63) is 0 Å². The van der Waals surface area contributed by atoms with Crippen LogP contribution in [0.15, 0.2) is 0 Å². The van der Waals surface area contributed by atoms with Gasteiger partial charge < -0.3 is 4.74 Å². The summed E-state index contributed by atoms with van der Waals surface area (Å²) in [6.45, 7) is 0.384. The summed E-state index contributed by atoms with van der Waals surface area (Å²) in [6.07, 6.45) is 6.21. The van der Waals surface area contributed by atoms with Crippen LogP contribution < -0.4 is 0 Å². The molecule has 1 aliphatic heterocycles. The summed E-state index contributed by atoms with van der Waals surface area (Å²) in [6, 6.07) is 0. The molecular weight excluding hydrogens is 140 g/mol. The second-order valence-electron chi connectivity index (χ2n) is 3.56. The quantitative estimate of drug-likeness (QED) is 0.529. The Kier molecular flexibility index (Phi) is 1.95. The molecule has 0 spiro atoms. The van der Waals surface area contributed by atoms with Gasteiger partial charge >= 0.3 is 0 Å². The SMILES string of the molecule is O=C1CO[C@H]2CCCCC[C@H]12. The van der Waals surface area contributed by atoms with Crippen molar-refractivity contribution in [2.24, 2.45) is 5.92 Å². The first-order valence-electron chi connectivity index (χ1n) is 4.52. The standard InChI is InChI=1S/C9H14O2/c10-8-6-11-9-5-3-1-2-4-7(8)9/h7,9H,1-6H2/t7-,9+/m1/s1. The summed E-state index contributed by atoms with van der Waals surface area (Å²) >= 11 is 0. The Morgan fingerprint density at radius 1 is 1.18 bits per heavy atom. The molecule has 2 nitrogen and oxygen atoms in total. The van der Waals surface area contributed by atoms with E-state index in [9.17, 15) is 4.79 Å². The Balaban J connectivity index is 2.06. The van der Waals surface area contributed by atoms with Crippen LogP contribution in [-0.2, 0) is 9.53 Å². The average molecular weight is 154 g/mol. The third kappa shape index (κ3) is 1.32. The molecule has 0 bridgehead atoms. The van der Waals surface area contributed by atoms with Crippen molar-refractivity contribution in [2.45, 2.75) is 38.2 Å². The molecule has 2 aliphatic rings. The molecular formula is C9H14O2. The smallest absolute Gasteiger partial charge is 0.164 e. The number of carbonyl (C=O) groups is 1. The van der Waals surface area contributed by atoms with Crippen LogP contribution in [0.5, 0.6) is 0 Å². The minimum atomic E-state index is 0.262. The zero-order valence-corrected chi connectivity index (χ0v) is 6.71. The lowest BCUT2D eigenvalue weighted by molar-refractivity contribution is -0.120. The van der Waals surface area contributed by atoms with Crippen LogP contribution in [-0.4, -0.2) is 18.5 Å². The molecule has 0 aromatic rings. The summed E-state index contributed by atoms with van der Waals surface area (Å²) in [5, 5.41) is 0. The van der Waals surface area contributed by atoms with Gasteiger partial charge in [-0.3, -0.25) is 4.79 Å². The van der Waals surface area contributed by atoms with E-state index >= 15 is 0 Å². The molecule has 2 atom stereocenters. The van der Waals surface area contributed by atoms with E-state index < -0.39 is 0 Å². The maximum Gasteiger partial charge on any atom is 0.164 e. The third-order valence-electron chi connectivity index (χ3n) is 2.81. The molecule has 0 aromatic carbocycles. The lowest BCUT2D eigenvalue weighted by atomic mass is 9.96. The van der Waals surface area contributed by atoms with Crippen molar-refractivity contribution in [1.29, 1.82) is 0 Å². The summed E-state index contributed by atoms with van der Waals surface area (Å²) in [7, 11) is 0. The largest absolute Gasteiger partial charge is 0.370 e. The van der Waals surface area contributed by atoms with Gasteiger partial charge in [-0.1, -0.05) is 19.3 Å². The van der Waals surface area contributed by atoms with Crippen LogP contribution in [0, 0.1) is 5.92 Å². The van der Waals surface area contributed by atoms with Crippen LogP contribution in [0.1, 0.15) is 32.1 Å². The van der Waals surface area contributed by atoms with Gasteiger partial charge in [0.1, 0.15) is 6.61 Å². The molecule has 0 amide bonds. The number of ketones is 1. The lowest BCUT2D eigenvalue weighted by Gasteiger charge is -2.11. The van der Waals surface area contributed by atoms with Crippen molar-refractivity contribution >= 4 is 5.78 Å². The van der Waals surface area contributed by atoms with Crippen LogP contribution in [0.4, 0.5) is 0 Å². The van der Waals surface area contributed by atoms with Gasteiger partial charge in [0, 0.05) is 5.92 Å². The van der Waals surface area contributed by atoms with E-state index in [-0.39, 0.29) is 12.0 Å².